The Morgan fingerprint density at radius 1 is 1.60 bits per heavy atom. The number of esters is 1. The standard InChI is InChI=1S/C10H13NO4/c1-4-11-6(2)9(10(14)15-3)7(12)5-8(11)13/h5,12H,4H2,1-3H3. The average molecular weight is 211 g/mol. The van der Waals surface area contributed by atoms with E-state index in [0.29, 0.717) is 12.2 Å². The summed E-state index contributed by atoms with van der Waals surface area (Å²) in [6.07, 6.45) is 0. The number of hydrogen-bond acceptors (Lipinski definition) is 4. The highest BCUT2D eigenvalue weighted by atomic mass is 16.5. The van der Waals surface area contributed by atoms with Crippen molar-refractivity contribution in [2.45, 2.75) is 20.4 Å². The van der Waals surface area contributed by atoms with E-state index in [9.17, 15) is 14.7 Å². The number of carbonyl (C=O) groups is 1. The van der Waals surface area contributed by atoms with Crippen LogP contribution in [0.15, 0.2) is 10.9 Å². The first-order valence-electron chi connectivity index (χ1n) is 4.54. The van der Waals surface area contributed by atoms with E-state index in [1.807, 2.05) is 0 Å². The van der Waals surface area contributed by atoms with Crippen LogP contribution in [0.2, 0.25) is 0 Å². The Morgan fingerprint density at radius 3 is 2.67 bits per heavy atom. The minimum atomic E-state index is -0.646. The van der Waals surface area contributed by atoms with E-state index in [0.717, 1.165) is 6.07 Å². The molecule has 1 N–H and O–H groups in total. The lowest BCUT2D eigenvalue weighted by Gasteiger charge is -2.11. The summed E-state index contributed by atoms with van der Waals surface area (Å²) in [7, 11) is 1.22. The van der Waals surface area contributed by atoms with Crippen LogP contribution in [0, 0.1) is 6.92 Å². The van der Waals surface area contributed by atoms with Gasteiger partial charge in [-0.15, -0.1) is 0 Å². The largest absolute Gasteiger partial charge is 0.507 e. The second kappa shape index (κ2) is 4.16. The molecule has 1 rings (SSSR count). The Balaban J connectivity index is 3.52. The van der Waals surface area contributed by atoms with Crippen molar-refractivity contribution in [2.24, 2.45) is 0 Å². The van der Waals surface area contributed by atoms with Gasteiger partial charge in [0.2, 0.25) is 0 Å². The van der Waals surface area contributed by atoms with Gasteiger partial charge < -0.3 is 14.4 Å². The zero-order valence-electron chi connectivity index (χ0n) is 8.90. The van der Waals surface area contributed by atoms with Gasteiger partial charge in [-0.25, -0.2) is 4.79 Å². The lowest BCUT2D eigenvalue weighted by molar-refractivity contribution is 0.0595. The third-order valence-electron chi connectivity index (χ3n) is 2.25. The summed E-state index contributed by atoms with van der Waals surface area (Å²) in [5, 5.41) is 9.48. The van der Waals surface area contributed by atoms with Gasteiger partial charge in [-0.05, 0) is 13.8 Å². The van der Waals surface area contributed by atoms with Crippen LogP contribution >= 0.6 is 0 Å². The molecule has 0 saturated heterocycles. The minimum absolute atomic E-state index is 0.0407. The van der Waals surface area contributed by atoms with Crippen LogP contribution in [0.5, 0.6) is 5.75 Å². The molecule has 0 fully saturated rings. The summed E-state index contributed by atoms with van der Waals surface area (Å²) in [6, 6.07) is 1.02. The molecule has 15 heavy (non-hydrogen) atoms. The van der Waals surface area contributed by atoms with E-state index in [1.165, 1.54) is 11.7 Å². The Kier molecular flexibility index (Phi) is 3.14. The van der Waals surface area contributed by atoms with Crippen LogP contribution in [-0.4, -0.2) is 22.8 Å². The number of aromatic nitrogens is 1. The van der Waals surface area contributed by atoms with E-state index in [2.05, 4.69) is 4.74 Å². The van der Waals surface area contributed by atoms with Gasteiger partial charge in [0, 0.05) is 18.3 Å². The van der Waals surface area contributed by atoms with E-state index in [4.69, 9.17) is 0 Å². The van der Waals surface area contributed by atoms with Crippen LogP contribution in [0.3, 0.4) is 0 Å². The number of hydrogen-bond donors (Lipinski definition) is 1. The SMILES string of the molecule is CCn1c(C)c(C(=O)OC)c(O)cc1=O. The molecule has 0 aliphatic carbocycles. The molecule has 1 aromatic heterocycles. The van der Waals surface area contributed by atoms with Crippen molar-refractivity contribution in [1.82, 2.24) is 4.57 Å². The van der Waals surface area contributed by atoms with Crippen molar-refractivity contribution < 1.29 is 14.6 Å². The van der Waals surface area contributed by atoms with Crippen molar-refractivity contribution in [3.05, 3.63) is 27.7 Å². The molecule has 1 heterocycles. The van der Waals surface area contributed by atoms with Crippen LogP contribution in [-0.2, 0) is 11.3 Å². The van der Waals surface area contributed by atoms with Crippen molar-refractivity contribution >= 4 is 5.97 Å². The van der Waals surface area contributed by atoms with Crippen LogP contribution in [0.1, 0.15) is 23.0 Å². The molecule has 0 atom stereocenters. The number of nitrogens with zero attached hydrogens (tertiary/aromatic N) is 1. The molecule has 0 bridgehead atoms. The second-order valence-electron chi connectivity index (χ2n) is 3.06. The zero-order chi connectivity index (χ0) is 11.6. The number of methoxy groups -OCH3 is 1. The number of aromatic hydroxyl groups is 1. The maximum absolute atomic E-state index is 11.4. The van der Waals surface area contributed by atoms with Gasteiger partial charge in [-0.1, -0.05) is 0 Å². The fourth-order valence-corrected chi connectivity index (χ4v) is 1.50. The Morgan fingerprint density at radius 2 is 2.20 bits per heavy atom. The summed E-state index contributed by atoms with van der Waals surface area (Å²) in [6.45, 7) is 3.82. The highest BCUT2D eigenvalue weighted by molar-refractivity contribution is 5.93. The highest BCUT2D eigenvalue weighted by Crippen LogP contribution is 2.19. The summed E-state index contributed by atoms with van der Waals surface area (Å²) in [5.41, 5.74) is 0.119. The van der Waals surface area contributed by atoms with Gasteiger partial charge in [-0.3, -0.25) is 4.79 Å². The van der Waals surface area contributed by atoms with Gasteiger partial charge in [0.15, 0.2) is 0 Å². The molecule has 0 spiro atoms. The number of rotatable bonds is 2. The smallest absolute Gasteiger partial charge is 0.343 e. The van der Waals surface area contributed by atoms with E-state index >= 15 is 0 Å². The van der Waals surface area contributed by atoms with Crippen LogP contribution in [0.4, 0.5) is 0 Å². The lowest BCUT2D eigenvalue weighted by Crippen LogP contribution is -2.23. The van der Waals surface area contributed by atoms with Crippen molar-refractivity contribution in [1.29, 1.82) is 0 Å². The first-order valence-corrected chi connectivity index (χ1v) is 4.54. The number of carbonyl (C=O) groups excluding carboxylic acids is 1. The molecule has 0 unspecified atom stereocenters. The summed E-state index contributed by atoms with van der Waals surface area (Å²) < 4.78 is 5.92. The quantitative estimate of drug-likeness (QED) is 0.730. The molecular formula is C10H13NO4. The normalized spacial score (nSPS) is 10.1. The summed E-state index contributed by atoms with van der Waals surface area (Å²) >= 11 is 0. The Hall–Kier alpha value is -1.78. The highest BCUT2D eigenvalue weighted by Gasteiger charge is 2.18. The fraction of sp³-hybridized carbons (Fsp3) is 0.400. The minimum Gasteiger partial charge on any atom is -0.507 e. The fourth-order valence-electron chi connectivity index (χ4n) is 1.50. The molecule has 5 heteroatoms. The molecule has 0 amide bonds. The molecular weight excluding hydrogens is 198 g/mol. The van der Waals surface area contributed by atoms with Gasteiger partial charge >= 0.3 is 5.97 Å². The third kappa shape index (κ3) is 1.86. The van der Waals surface area contributed by atoms with E-state index in [-0.39, 0.29) is 16.9 Å². The first kappa shape index (κ1) is 11.3. The van der Waals surface area contributed by atoms with E-state index < -0.39 is 5.97 Å². The molecule has 0 aromatic carbocycles. The topological polar surface area (TPSA) is 68.5 Å². The van der Waals surface area contributed by atoms with Crippen molar-refractivity contribution in [3.63, 3.8) is 0 Å². The summed E-state index contributed by atoms with van der Waals surface area (Å²) in [5.74, 6) is -0.985. The van der Waals surface area contributed by atoms with Gasteiger partial charge in [0.1, 0.15) is 11.3 Å². The zero-order valence-corrected chi connectivity index (χ0v) is 8.90. The van der Waals surface area contributed by atoms with E-state index in [1.54, 1.807) is 13.8 Å². The molecule has 0 aliphatic heterocycles. The Bertz CT molecular complexity index is 447. The molecule has 0 aliphatic rings. The molecule has 1 aromatic rings. The van der Waals surface area contributed by atoms with Crippen LogP contribution < -0.4 is 5.56 Å². The van der Waals surface area contributed by atoms with Crippen LogP contribution in [0.25, 0.3) is 0 Å². The molecule has 0 radical (unpaired) electrons. The maximum atomic E-state index is 11.4. The molecule has 0 saturated carbocycles. The van der Waals surface area contributed by atoms with Crippen molar-refractivity contribution in [2.75, 3.05) is 7.11 Å². The predicted molar refractivity (Wildman–Crippen MR) is 54.1 cm³/mol. The van der Waals surface area contributed by atoms with Gasteiger partial charge in [0.25, 0.3) is 5.56 Å². The predicted octanol–water partition coefficient (Wildman–Crippen LogP) is 0.669. The lowest BCUT2D eigenvalue weighted by atomic mass is 10.1. The number of pyridine rings is 1. The molecule has 82 valence electrons. The number of ether oxygens (including phenoxy) is 1. The van der Waals surface area contributed by atoms with Gasteiger partial charge in [-0.2, -0.15) is 0 Å². The second-order valence-corrected chi connectivity index (χ2v) is 3.06. The molecule has 5 nitrogen and oxygen atoms in total. The van der Waals surface area contributed by atoms with Gasteiger partial charge in [0.05, 0.1) is 7.11 Å². The monoisotopic (exact) mass is 211 g/mol. The average Bonchev–Trinajstić information content (AvgIpc) is 2.17. The van der Waals surface area contributed by atoms with Crippen molar-refractivity contribution in [3.8, 4) is 5.75 Å². The first-order chi connectivity index (χ1) is 7.02. The maximum Gasteiger partial charge on any atom is 0.343 e. The third-order valence-corrected chi connectivity index (χ3v) is 2.25. The Labute approximate surface area is 86.9 Å². The summed E-state index contributed by atoms with van der Waals surface area (Å²) in [4.78, 5) is 22.7.